The third-order valence-corrected chi connectivity index (χ3v) is 2.90. The van der Waals surface area contributed by atoms with Gasteiger partial charge in [0.05, 0.1) is 18.5 Å². The normalized spacial score (nSPS) is 10.2. The van der Waals surface area contributed by atoms with Crippen molar-refractivity contribution in [1.82, 2.24) is 0 Å². The molecule has 2 rings (SSSR count). The Morgan fingerprint density at radius 2 is 1.89 bits per heavy atom. The van der Waals surface area contributed by atoms with E-state index in [1.54, 1.807) is 25.3 Å². The van der Waals surface area contributed by atoms with Crippen molar-refractivity contribution in [3.8, 4) is 5.75 Å². The molecule has 0 aliphatic carbocycles. The molecule has 0 radical (unpaired) electrons. The Labute approximate surface area is 112 Å². The predicted octanol–water partition coefficient (Wildman–Crippen LogP) is 3.07. The first kappa shape index (κ1) is 13.2. The average Bonchev–Trinajstić information content (AvgIpc) is 2.43. The van der Waals surface area contributed by atoms with Crippen LogP contribution in [-0.4, -0.2) is 13.7 Å². The summed E-state index contributed by atoms with van der Waals surface area (Å²) in [5.41, 5.74) is 8.48. The van der Waals surface area contributed by atoms with Gasteiger partial charge in [-0.05, 0) is 36.2 Å². The topological polar surface area (TPSA) is 47.3 Å². The summed E-state index contributed by atoms with van der Waals surface area (Å²) in [5, 5.41) is 3.25. The van der Waals surface area contributed by atoms with E-state index in [0.717, 1.165) is 30.0 Å². The molecular weight excluding hydrogens is 243 g/mol. The van der Waals surface area contributed by atoms with Crippen molar-refractivity contribution in [1.29, 1.82) is 0 Å². The Balaban J connectivity index is 1.93. The Kier molecular flexibility index (Phi) is 4.23. The van der Waals surface area contributed by atoms with E-state index in [1.807, 2.05) is 12.1 Å². The summed E-state index contributed by atoms with van der Waals surface area (Å²) in [4.78, 5) is 0. The summed E-state index contributed by atoms with van der Waals surface area (Å²) in [6.07, 6.45) is 0.803. The van der Waals surface area contributed by atoms with Crippen LogP contribution >= 0.6 is 0 Å². The van der Waals surface area contributed by atoms with Gasteiger partial charge in [-0.2, -0.15) is 0 Å². The maximum absolute atomic E-state index is 12.8. The third kappa shape index (κ3) is 3.61. The monoisotopic (exact) mass is 260 g/mol. The molecule has 100 valence electrons. The first-order valence-electron chi connectivity index (χ1n) is 6.11. The van der Waals surface area contributed by atoms with Crippen molar-refractivity contribution in [3.05, 3.63) is 53.8 Å². The maximum Gasteiger partial charge on any atom is 0.123 e. The van der Waals surface area contributed by atoms with Gasteiger partial charge in [0.15, 0.2) is 0 Å². The first-order valence-corrected chi connectivity index (χ1v) is 6.11. The number of halogens is 1. The quantitative estimate of drug-likeness (QED) is 0.812. The van der Waals surface area contributed by atoms with Crippen LogP contribution in [-0.2, 0) is 6.42 Å². The van der Waals surface area contributed by atoms with E-state index in [4.69, 9.17) is 10.5 Å². The van der Waals surface area contributed by atoms with Gasteiger partial charge >= 0.3 is 0 Å². The number of methoxy groups -OCH3 is 1. The highest BCUT2D eigenvalue weighted by atomic mass is 19.1. The van der Waals surface area contributed by atoms with Crippen LogP contribution < -0.4 is 15.8 Å². The smallest absolute Gasteiger partial charge is 0.123 e. The van der Waals surface area contributed by atoms with Crippen molar-refractivity contribution in [2.45, 2.75) is 6.42 Å². The Bertz CT molecular complexity index is 540. The lowest BCUT2D eigenvalue weighted by atomic mass is 10.1. The van der Waals surface area contributed by atoms with Gasteiger partial charge in [0.2, 0.25) is 0 Å². The van der Waals surface area contributed by atoms with Gasteiger partial charge in [-0.25, -0.2) is 4.39 Å². The number of nitrogens with two attached hydrogens (primary N) is 1. The third-order valence-electron chi connectivity index (χ3n) is 2.90. The second-order valence-corrected chi connectivity index (χ2v) is 4.26. The van der Waals surface area contributed by atoms with Gasteiger partial charge in [-0.15, -0.1) is 0 Å². The second-order valence-electron chi connectivity index (χ2n) is 4.26. The standard InChI is InChI=1S/C15H17FN2O/c1-19-13-6-7-14(17)15(10-13)18-9-8-11-2-4-12(16)5-3-11/h2-7,10,18H,8-9,17H2,1H3. The summed E-state index contributed by atoms with van der Waals surface area (Å²) in [5.74, 6) is 0.548. The molecule has 0 bridgehead atoms. The highest BCUT2D eigenvalue weighted by Crippen LogP contribution is 2.24. The molecular formula is C15H17FN2O. The molecule has 2 aromatic rings. The summed E-state index contributed by atoms with van der Waals surface area (Å²) < 4.78 is 17.9. The van der Waals surface area contributed by atoms with E-state index < -0.39 is 0 Å². The predicted molar refractivity (Wildman–Crippen MR) is 76.0 cm³/mol. The lowest BCUT2D eigenvalue weighted by molar-refractivity contribution is 0.415. The molecule has 3 nitrogen and oxygen atoms in total. The van der Waals surface area contributed by atoms with Crippen molar-refractivity contribution in [3.63, 3.8) is 0 Å². The second kappa shape index (κ2) is 6.09. The highest BCUT2D eigenvalue weighted by molar-refractivity contribution is 5.68. The molecule has 4 heteroatoms. The van der Waals surface area contributed by atoms with Crippen LogP contribution in [0.15, 0.2) is 42.5 Å². The molecule has 0 aliphatic heterocycles. The number of ether oxygens (including phenoxy) is 1. The zero-order chi connectivity index (χ0) is 13.7. The van der Waals surface area contributed by atoms with Crippen LogP contribution in [0.25, 0.3) is 0 Å². The molecule has 0 amide bonds. The van der Waals surface area contributed by atoms with Crippen LogP contribution in [0.2, 0.25) is 0 Å². The zero-order valence-electron chi connectivity index (χ0n) is 10.8. The zero-order valence-corrected chi connectivity index (χ0v) is 10.8. The van der Waals surface area contributed by atoms with E-state index in [9.17, 15) is 4.39 Å². The highest BCUT2D eigenvalue weighted by Gasteiger charge is 2.01. The largest absolute Gasteiger partial charge is 0.497 e. The Hall–Kier alpha value is -2.23. The average molecular weight is 260 g/mol. The number of nitrogen functional groups attached to an aromatic ring is 1. The van der Waals surface area contributed by atoms with Crippen LogP contribution in [0, 0.1) is 5.82 Å². The molecule has 0 heterocycles. The molecule has 0 unspecified atom stereocenters. The Morgan fingerprint density at radius 3 is 2.58 bits per heavy atom. The molecule has 2 aromatic carbocycles. The fraction of sp³-hybridized carbons (Fsp3) is 0.200. The molecule has 0 aliphatic rings. The molecule has 0 fully saturated rings. The Morgan fingerprint density at radius 1 is 1.16 bits per heavy atom. The van der Waals surface area contributed by atoms with Gasteiger partial charge in [-0.1, -0.05) is 12.1 Å². The van der Waals surface area contributed by atoms with Crippen molar-refractivity contribution in [2.24, 2.45) is 0 Å². The van der Waals surface area contributed by atoms with Gasteiger partial charge in [0.1, 0.15) is 11.6 Å². The van der Waals surface area contributed by atoms with Gasteiger partial charge < -0.3 is 15.8 Å². The van der Waals surface area contributed by atoms with Crippen LogP contribution in [0.4, 0.5) is 15.8 Å². The lowest BCUT2D eigenvalue weighted by Crippen LogP contribution is -2.07. The van der Waals surface area contributed by atoms with Gasteiger partial charge in [0.25, 0.3) is 0 Å². The van der Waals surface area contributed by atoms with Crippen LogP contribution in [0.3, 0.4) is 0 Å². The van der Waals surface area contributed by atoms with E-state index in [-0.39, 0.29) is 5.82 Å². The molecule has 0 aromatic heterocycles. The number of rotatable bonds is 5. The minimum Gasteiger partial charge on any atom is -0.497 e. The number of benzene rings is 2. The molecule has 3 N–H and O–H groups in total. The van der Waals surface area contributed by atoms with E-state index >= 15 is 0 Å². The van der Waals surface area contributed by atoms with Crippen molar-refractivity contribution < 1.29 is 9.13 Å². The molecule has 0 saturated carbocycles. The summed E-state index contributed by atoms with van der Waals surface area (Å²) in [6.45, 7) is 0.725. The number of hydrogen-bond donors (Lipinski definition) is 2. The maximum atomic E-state index is 12.8. The lowest BCUT2D eigenvalue weighted by Gasteiger charge is -2.11. The number of anilines is 2. The summed E-state index contributed by atoms with van der Waals surface area (Å²) in [6, 6.07) is 12.0. The number of hydrogen-bond acceptors (Lipinski definition) is 3. The van der Waals surface area contributed by atoms with E-state index in [1.165, 1.54) is 12.1 Å². The van der Waals surface area contributed by atoms with E-state index in [0.29, 0.717) is 5.69 Å². The number of nitrogens with one attached hydrogen (secondary N) is 1. The van der Waals surface area contributed by atoms with Crippen molar-refractivity contribution >= 4 is 11.4 Å². The fourth-order valence-corrected chi connectivity index (χ4v) is 1.81. The molecule has 0 spiro atoms. The summed E-state index contributed by atoms with van der Waals surface area (Å²) in [7, 11) is 1.62. The minimum absolute atomic E-state index is 0.214. The van der Waals surface area contributed by atoms with Gasteiger partial charge in [0, 0.05) is 12.6 Å². The SMILES string of the molecule is COc1ccc(N)c(NCCc2ccc(F)cc2)c1. The first-order chi connectivity index (χ1) is 9.19. The van der Waals surface area contributed by atoms with Crippen LogP contribution in [0.1, 0.15) is 5.56 Å². The van der Waals surface area contributed by atoms with Gasteiger partial charge in [-0.3, -0.25) is 0 Å². The molecule has 0 saturated heterocycles. The molecule has 19 heavy (non-hydrogen) atoms. The minimum atomic E-state index is -0.214. The van der Waals surface area contributed by atoms with Crippen molar-refractivity contribution in [2.75, 3.05) is 24.7 Å². The van der Waals surface area contributed by atoms with Crippen LogP contribution in [0.5, 0.6) is 5.75 Å². The summed E-state index contributed by atoms with van der Waals surface area (Å²) >= 11 is 0. The molecule has 0 atom stereocenters. The fourth-order valence-electron chi connectivity index (χ4n) is 1.81. The van der Waals surface area contributed by atoms with E-state index in [2.05, 4.69) is 5.32 Å².